The second-order valence-corrected chi connectivity index (χ2v) is 5.75. The van der Waals surface area contributed by atoms with Crippen molar-refractivity contribution >= 4 is 0 Å². The Morgan fingerprint density at radius 2 is 1.62 bits per heavy atom. The molecule has 0 aromatic carbocycles. The number of hydrogen-bond acceptors (Lipinski definition) is 3. The van der Waals surface area contributed by atoms with Crippen molar-refractivity contribution in [2.75, 3.05) is 26.2 Å². The van der Waals surface area contributed by atoms with Gasteiger partial charge in [-0.25, -0.2) is 0 Å². The minimum Gasteiger partial charge on any atom is -0.391 e. The number of rotatable bonds is 2. The largest absolute Gasteiger partial charge is 0.391 e. The Balaban J connectivity index is 1.55. The molecule has 1 N–H and O–H groups in total. The fourth-order valence-corrected chi connectivity index (χ4v) is 3.82. The van der Waals surface area contributed by atoms with Crippen molar-refractivity contribution in [3.8, 4) is 0 Å². The molecule has 1 aliphatic carbocycles. The van der Waals surface area contributed by atoms with Crippen molar-refractivity contribution in [2.45, 2.75) is 56.7 Å². The molecule has 0 amide bonds. The van der Waals surface area contributed by atoms with E-state index in [2.05, 4.69) is 9.80 Å². The van der Waals surface area contributed by atoms with Crippen molar-refractivity contribution < 1.29 is 5.11 Å². The SMILES string of the molecule is O[C@@H]1CCC[C@H]1N1CCC(N2CCCC2)C1. The molecule has 2 aliphatic heterocycles. The Bertz CT molecular complexity index is 240. The molecule has 0 spiro atoms. The molecule has 2 heterocycles. The van der Waals surface area contributed by atoms with Gasteiger partial charge in [-0.15, -0.1) is 0 Å². The summed E-state index contributed by atoms with van der Waals surface area (Å²) in [5, 5.41) is 9.95. The van der Waals surface area contributed by atoms with Gasteiger partial charge in [0, 0.05) is 25.2 Å². The molecule has 3 atom stereocenters. The highest BCUT2D eigenvalue weighted by atomic mass is 16.3. The summed E-state index contributed by atoms with van der Waals surface area (Å²) >= 11 is 0. The lowest BCUT2D eigenvalue weighted by Gasteiger charge is -2.28. The zero-order chi connectivity index (χ0) is 11.0. The van der Waals surface area contributed by atoms with Gasteiger partial charge in [0.1, 0.15) is 0 Å². The van der Waals surface area contributed by atoms with E-state index in [1.54, 1.807) is 0 Å². The van der Waals surface area contributed by atoms with Crippen LogP contribution in [0.1, 0.15) is 38.5 Å². The van der Waals surface area contributed by atoms with Gasteiger partial charge in [-0.2, -0.15) is 0 Å². The molecule has 3 fully saturated rings. The van der Waals surface area contributed by atoms with Crippen molar-refractivity contribution in [2.24, 2.45) is 0 Å². The highest BCUT2D eigenvalue weighted by Gasteiger charge is 2.37. The van der Waals surface area contributed by atoms with E-state index in [9.17, 15) is 5.11 Å². The van der Waals surface area contributed by atoms with Crippen LogP contribution in [0.3, 0.4) is 0 Å². The van der Waals surface area contributed by atoms with Gasteiger partial charge in [-0.05, 0) is 51.6 Å². The summed E-state index contributed by atoms with van der Waals surface area (Å²) in [5.74, 6) is 0. The highest BCUT2D eigenvalue weighted by Crippen LogP contribution is 2.29. The summed E-state index contributed by atoms with van der Waals surface area (Å²) in [6, 6.07) is 1.27. The zero-order valence-corrected chi connectivity index (χ0v) is 10.1. The first-order valence-corrected chi connectivity index (χ1v) is 7.01. The second kappa shape index (κ2) is 4.63. The summed E-state index contributed by atoms with van der Waals surface area (Å²) < 4.78 is 0. The van der Waals surface area contributed by atoms with Gasteiger partial charge in [0.2, 0.25) is 0 Å². The van der Waals surface area contributed by atoms with Crippen LogP contribution in [0.2, 0.25) is 0 Å². The van der Waals surface area contributed by atoms with Crippen molar-refractivity contribution in [3.63, 3.8) is 0 Å². The molecular formula is C13H24N2O. The number of hydrogen-bond donors (Lipinski definition) is 1. The summed E-state index contributed by atoms with van der Waals surface area (Å²) in [6.45, 7) is 5.04. The molecule has 0 radical (unpaired) electrons. The number of aliphatic hydroxyl groups excluding tert-OH is 1. The average Bonchev–Trinajstić information content (AvgIpc) is 2.96. The maximum absolute atomic E-state index is 9.95. The molecule has 0 aromatic rings. The quantitative estimate of drug-likeness (QED) is 0.760. The van der Waals surface area contributed by atoms with E-state index in [-0.39, 0.29) is 6.10 Å². The summed E-state index contributed by atoms with van der Waals surface area (Å²) in [7, 11) is 0. The molecule has 16 heavy (non-hydrogen) atoms. The summed E-state index contributed by atoms with van der Waals surface area (Å²) in [5.41, 5.74) is 0. The van der Waals surface area contributed by atoms with E-state index in [1.165, 1.54) is 58.3 Å². The number of aliphatic hydroxyl groups is 1. The van der Waals surface area contributed by atoms with Crippen LogP contribution in [0.5, 0.6) is 0 Å². The fourth-order valence-electron chi connectivity index (χ4n) is 3.82. The highest BCUT2D eigenvalue weighted by molar-refractivity contribution is 4.93. The van der Waals surface area contributed by atoms with Crippen LogP contribution >= 0.6 is 0 Å². The fraction of sp³-hybridized carbons (Fsp3) is 1.00. The van der Waals surface area contributed by atoms with Crippen LogP contribution in [0, 0.1) is 0 Å². The van der Waals surface area contributed by atoms with Crippen molar-refractivity contribution in [1.29, 1.82) is 0 Å². The van der Waals surface area contributed by atoms with Crippen molar-refractivity contribution in [3.05, 3.63) is 0 Å². The lowest BCUT2D eigenvalue weighted by atomic mass is 10.2. The normalized spacial score (nSPS) is 42.2. The minimum atomic E-state index is -0.0441. The molecule has 3 aliphatic rings. The molecule has 0 bridgehead atoms. The third-order valence-corrected chi connectivity index (χ3v) is 4.76. The summed E-state index contributed by atoms with van der Waals surface area (Å²) in [4.78, 5) is 5.22. The van der Waals surface area contributed by atoms with E-state index < -0.39 is 0 Å². The van der Waals surface area contributed by atoms with Crippen LogP contribution < -0.4 is 0 Å². The molecule has 1 saturated carbocycles. The van der Waals surface area contributed by atoms with E-state index in [4.69, 9.17) is 0 Å². The predicted octanol–water partition coefficient (Wildman–Crippen LogP) is 1.07. The topological polar surface area (TPSA) is 26.7 Å². The molecule has 3 heteroatoms. The van der Waals surface area contributed by atoms with Crippen LogP contribution in [-0.4, -0.2) is 59.3 Å². The van der Waals surface area contributed by atoms with Gasteiger partial charge in [-0.3, -0.25) is 9.80 Å². The van der Waals surface area contributed by atoms with Gasteiger partial charge in [0.15, 0.2) is 0 Å². The van der Waals surface area contributed by atoms with E-state index in [1.807, 2.05) is 0 Å². The molecule has 92 valence electrons. The van der Waals surface area contributed by atoms with Crippen LogP contribution in [0.25, 0.3) is 0 Å². The third-order valence-electron chi connectivity index (χ3n) is 4.76. The predicted molar refractivity (Wildman–Crippen MR) is 64.4 cm³/mol. The lowest BCUT2D eigenvalue weighted by molar-refractivity contribution is 0.0802. The first kappa shape index (κ1) is 11.0. The van der Waals surface area contributed by atoms with E-state index in [0.717, 1.165) is 12.5 Å². The van der Waals surface area contributed by atoms with Gasteiger partial charge in [0.05, 0.1) is 6.10 Å². The van der Waals surface area contributed by atoms with Gasteiger partial charge in [0.25, 0.3) is 0 Å². The first-order valence-electron chi connectivity index (χ1n) is 7.01. The average molecular weight is 224 g/mol. The van der Waals surface area contributed by atoms with Crippen LogP contribution in [0.4, 0.5) is 0 Å². The van der Waals surface area contributed by atoms with Crippen LogP contribution in [-0.2, 0) is 0 Å². The van der Waals surface area contributed by atoms with Gasteiger partial charge >= 0.3 is 0 Å². The second-order valence-electron chi connectivity index (χ2n) is 5.75. The molecule has 0 aromatic heterocycles. The Hall–Kier alpha value is -0.120. The lowest BCUT2D eigenvalue weighted by Crippen LogP contribution is -2.41. The molecular weight excluding hydrogens is 200 g/mol. The van der Waals surface area contributed by atoms with Gasteiger partial charge < -0.3 is 5.11 Å². The molecule has 3 rings (SSSR count). The monoisotopic (exact) mass is 224 g/mol. The standard InChI is InChI=1S/C13H24N2O/c16-13-5-3-4-12(13)15-9-6-11(10-15)14-7-1-2-8-14/h11-13,16H,1-10H2/t11?,12-,13-/m1/s1. The van der Waals surface area contributed by atoms with E-state index >= 15 is 0 Å². The van der Waals surface area contributed by atoms with E-state index in [0.29, 0.717) is 6.04 Å². The van der Waals surface area contributed by atoms with Crippen molar-refractivity contribution in [1.82, 2.24) is 9.80 Å². The maximum Gasteiger partial charge on any atom is 0.0695 e. The molecule has 3 nitrogen and oxygen atoms in total. The molecule has 2 saturated heterocycles. The minimum absolute atomic E-state index is 0.0441. The Labute approximate surface area is 98.4 Å². The third kappa shape index (κ3) is 2.01. The zero-order valence-electron chi connectivity index (χ0n) is 10.1. The Kier molecular flexibility index (Phi) is 3.18. The van der Waals surface area contributed by atoms with Crippen LogP contribution in [0.15, 0.2) is 0 Å². The Morgan fingerprint density at radius 3 is 2.31 bits per heavy atom. The van der Waals surface area contributed by atoms with Gasteiger partial charge in [-0.1, -0.05) is 0 Å². The first-order chi connectivity index (χ1) is 7.84. The maximum atomic E-state index is 9.95. The number of nitrogens with zero attached hydrogens (tertiary/aromatic N) is 2. The summed E-state index contributed by atoms with van der Waals surface area (Å²) in [6.07, 6.45) is 7.52. The molecule has 1 unspecified atom stereocenters. The number of likely N-dealkylation sites (tertiary alicyclic amines) is 2. The Morgan fingerprint density at radius 1 is 0.812 bits per heavy atom. The smallest absolute Gasteiger partial charge is 0.0695 e.